The van der Waals surface area contributed by atoms with Crippen molar-refractivity contribution in [2.45, 2.75) is 75.8 Å². The van der Waals surface area contributed by atoms with Gasteiger partial charge in [-0.05, 0) is 93.6 Å². The van der Waals surface area contributed by atoms with Crippen LogP contribution >= 0.6 is 0 Å². The Morgan fingerprint density at radius 1 is 1.09 bits per heavy atom. The van der Waals surface area contributed by atoms with Crippen molar-refractivity contribution in [2.75, 3.05) is 5.32 Å². The molecule has 3 heterocycles. The van der Waals surface area contributed by atoms with E-state index in [1.165, 1.54) is 12.3 Å². The lowest BCUT2D eigenvalue weighted by molar-refractivity contribution is -0.137. The predicted molar refractivity (Wildman–Crippen MR) is 162 cm³/mol. The third kappa shape index (κ3) is 6.09. The number of carbonyl (C=O) groups excluding carboxylic acids is 3. The summed E-state index contributed by atoms with van der Waals surface area (Å²) in [6.45, 7) is 5.07. The van der Waals surface area contributed by atoms with Gasteiger partial charge in [-0.3, -0.25) is 9.59 Å². The molecule has 2 aliphatic carbocycles. The number of hydrogen-bond acceptors (Lipinski definition) is 7. The molecule has 2 unspecified atom stereocenters. The molecule has 3 amide bonds. The Morgan fingerprint density at radius 3 is 2.60 bits per heavy atom. The lowest BCUT2D eigenvalue weighted by atomic mass is 9.98. The lowest BCUT2D eigenvalue weighted by Gasteiger charge is -2.24. The van der Waals surface area contributed by atoms with Crippen LogP contribution in [0.4, 0.5) is 23.8 Å². The molecule has 2 aliphatic heterocycles. The van der Waals surface area contributed by atoms with Crippen molar-refractivity contribution in [3.8, 4) is 17.2 Å². The van der Waals surface area contributed by atoms with Crippen LogP contribution < -0.4 is 25.4 Å². The maximum atomic E-state index is 13.9. The molecule has 0 saturated heterocycles. The molecular formula is C34H31F3N4O6. The van der Waals surface area contributed by atoms with Gasteiger partial charge in [0.15, 0.2) is 0 Å². The average molecular weight is 649 g/mol. The summed E-state index contributed by atoms with van der Waals surface area (Å²) in [7, 11) is 0. The van der Waals surface area contributed by atoms with Gasteiger partial charge in [0.2, 0.25) is 5.91 Å². The topological polar surface area (TPSA) is 128 Å². The lowest BCUT2D eigenvalue weighted by Crippen LogP contribution is -2.39. The van der Waals surface area contributed by atoms with Gasteiger partial charge in [-0.25, -0.2) is 9.78 Å². The van der Waals surface area contributed by atoms with Crippen molar-refractivity contribution in [2.24, 2.45) is 0 Å². The van der Waals surface area contributed by atoms with Crippen LogP contribution in [0.3, 0.4) is 0 Å². The first kappa shape index (κ1) is 30.6. The molecule has 0 spiro atoms. The molecule has 1 aromatic heterocycles. The van der Waals surface area contributed by atoms with Gasteiger partial charge in [0.25, 0.3) is 5.91 Å². The predicted octanol–water partition coefficient (Wildman–Crippen LogP) is 6.46. The average Bonchev–Trinajstić information content (AvgIpc) is 3.89. The maximum Gasteiger partial charge on any atom is 0.416 e. The molecule has 7 rings (SSSR count). The first-order valence-electron chi connectivity index (χ1n) is 15.2. The van der Waals surface area contributed by atoms with E-state index in [1.54, 1.807) is 45.2 Å². The first-order chi connectivity index (χ1) is 22.2. The maximum absolute atomic E-state index is 13.9. The van der Waals surface area contributed by atoms with Gasteiger partial charge in [-0.2, -0.15) is 13.2 Å². The van der Waals surface area contributed by atoms with E-state index in [4.69, 9.17) is 14.2 Å². The number of ether oxygens (including phenoxy) is 3. The molecular weight excluding hydrogens is 617 g/mol. The number of amides is 3. The molecule has 244 valence electrons. The molecule has 13 heteroatoms. The van der Waals surface area contributed by atoms with E-state index in [-0.39, 0.29) is 29.1 Å². The summed E-state index contributed by atoms with van der Waals surface area (Å²) in [5.41, 5.74) is -0.403. The second-order valence-electron chi connectivity index (χ2n) is 13.1. The number of carbonyl (C=O) groups is 3. The molecule has 10 nitrogen and oxygen atoms in total. The highest BCUT2D eigenvalue weighted by atomic mass is 19.4. The fourth-order valence-corrected chi connectivity index (χ4v) is 6.01. The number of nitrogens with one attached hydrogen (secondary N) is 3. The zero-order valence-corrected chi connectivity index (χ0v) is 25.7. The number of aromatic nitrogens is 1. The molecule has 0 bridgehead atoms. The van der Waals surface area contributed by atoms with Crippen LogP contribution in [0.25, 0.3) is 0 Å². The summed E-state index contributed by atoms with van der Waals surface area (Å²) in [6, 6.07) is 10.3. The van der Waals surface area contributed by atoms with E-state index in [1.807, 2.05) is 6.07 Å². The number of nitrogens with zero attached hydrogens (tertiary/aromatic N) is 1. The highest BCUT2D eigenvalue weighted by Crippen LogP contribution is 2.58. The number of alkyl carbamates (subject to hydrolysis) is 1. The first-order valence-corrected chi connectivity index (χ1v) is 15.2. The molecule has 2 aromatic carbocycles. The molecule has 2 atom stereocenters. The van der Waals surface area contributed by atoms with Crippen LogP contribution in [0.2, 0.25) is 0 Å². The summed E-state index contributed by atoms with van der Waals surface area (Å²) < 4.78 is 59.2. The highest BCUT2D eigenvalue weighted by Gasteiger charge is 2.54. The normalized spacial score (nSPS) is 21.0. The third-order valence-electron chi connectivity index (χ3n) is 8.49. The van der Waals surface area contributed by atoms with Crippen LogP contribution in [0, 0.1) is 0 Å². The Morgan fingerprint density at radius 2 is 1.87 bits per heavy atom. The number of halogens is 3. The van der Waals surface area contributed by atoms with Crippen molar-refractivity contribution in [1.82, 2.24) is 15.6 Å². The second-order valence-corrected chi connectivity index (χ2v) is 13.1. The number of benzene rings is 2. The van der Waals surface area contributed by atoms with Gasteiger partial charge in [0, 0.05) is 35.5 Å². The van der Waals surface area contributed by atoms with Crippen LogP contribution in [0.1, 0.15) is 78.6 Å². The van der Waals surface area contributed by atoms with E-state index in [2.05, 4.69) is 20.9 Å². The minimum Gasteiger partial charge on any atom is -0.485 e. The van der Waals surface area contributed by atoms with E-state index >= 15 is 0 Å². The zero-order valence-electron chi connectivity index (χ0n) is 25.7. The summed E-state index contributed by atoms with van der Waals surface area (Å²) in [5, 5.41) is 8.08. The largest absolute Gasteiger partial charge is 0.485 e. The summed E-state index contributed by atoms with van der Waals surface area (Å²) in [4.78, 5) is 41.6. The smallest absolute Gasteiger partial charge is 0.416 e. The Bertz CT molecular complexity index is 1860. The van der Waals surface area contributed by atoms with Crippen LogP contribution in [-0.2, 0) is 27.7 Å². The van der Waals surface area contributed by atoms with Crippen molar-refractivity contribution in [3.63, 3.8) is 0 Å². The van der Waals surface area contributed by atoms with E-state index in [9.17, 15) is 27.6 Å². The number of anilines is 1. The number of rotatable bonds is 6. The second kappa shape index (κ2) is 10.7. The highest BCUT2D eigenvalue weighted by molar-refractivity contribution is 5.95. The summed E-state index contributed by atoms with van der Waals surface area (Å²) >= 11 is 0. The van der Waals surface area contributed by atoms with Crippen molar-refractivity contribution < 1.29 is 41.8 Å². The van der Waals surface area contributed by atoms with Crippen LogP contribution in [0.15, 0.2) is 60.4 Å². The van der Waals surface area contributed by atoms with Crippen LogP contribution in [0.5, 0.6) is 17.2 Å². The number of fused-ring (bicyclic) bond motifs is 4. The fraction of sp³-hybridized carbons (Fsp3) is 0.353. The third-order valence-corrected chi connectivity index (χ3v) is 8.49. The Kier molecular flexibility index (Phi) is 6.99. The number of pyridine rings is 1. The Balaban J connectivity index is 1.07. The summed E-state index contributed by atoms with van der Waals surface area (Å²) in [5.74, 6) is 1.32. The zero-order chi connectivity index (χ0) is 33.3. The molecule has 47 heavy (non-hydrogen) atoms. The van der Waals surface area contributed by atoms with Crippen molar-refractivity contribution in [1.29, 1.82) is 0 Å². The van der Waals surface area contributed by atoms with E-state index < -0.39 is 34.9 Å². The minimum absolute atomic E-state index is 0.0986. The quantitative estimate of drug-likeness (QED) is 0.280. The summed E-state index contributed by atoms with van der Waals surface area (Å²) in [6.07, 6.45) is -1.07. The SMILES string of the molecule is CC(C)(C)OC(=O)NC1(c2cc(C(=O)NC=C3C4Oc5ccc(Oc6ccnc7c6CCC(=O)N7)cc5C34)cc(C(F)(F)F)c2)CC1. The molecule has 4 aliphatic rings. The van der Waals surface area contributed by atoms with Crippen molar-refractivity contribution >= 4 is 23.7 Å². The van der Waals surface area contributed by atoms with E-state index in [0.29, 0.717) is 48.7 Å². The van der Waals surface area contributed by atoms with Crippen molar-refractivity contribution in [3.05, 3.63) is 88.3 Å². The molecule has 3 N–H and O–H groups in total. The van der Waals surface area contributed by atoms with Gasteiger partial charge in [0.1, 0.15) is 34.8 Å². The van der Waals surface area contributed by atoms with E-state index in [0.717, 1.165) is 28.8 Å². The molecule has 2 saturated carbocycles. The molecule has 3 aromatic rings. The van der Waals surface area contributed by atoms with Gasteiger partial charge in [0.05, 0.1) is 17.0 Å². The number of alkyl halides is 3. The number of hydrogen-bond donors (Lipinski definition) is 3. The Hall–Kier alpha value is -5.07. The standard InChI is InChI=1S/C34H31F3N4O6/c1-32(2,3)47-31(44)41-33(9-10-33)18-12-17(13-19(14-18)34(35,36)37)30(43)39-16-23-27-22-15-20(4-6-24(22)46-28(23)27)45-25-8-11-38-29-21(25)5-7-26(42)40-29/h4,6,8,11-16,27-28H,5,7,9-10H2,1-3H3,(H,39,43)(H,41,44)(H,38,40,42). The fourth-order valence-electron chi connectivity index (χ4n) is 6.01. The molecule has 0 radical (unpaired) electrons. The van der Waals surface area contributed by atoms with Gasteiger partial charge in [-0.1, -0.05) is 0 Å². The Labute approximate surface area is 267 Å². The van der Waals surface area contributed by atoms with Gasteiger partial charge in [-0.15, -0.1) is 0 Å². The van der Waals surface area contributed by atoms with Gasteiger partial charge < -0.3 is 30.2 Å². The molecule has 2 fully saturated rings. The minimum atomic E-state index is -4.71. The van der Waals surface area contributed by atoms with Crippen LogP contribution in [-0.4, -0.2) is 34.6 Å². The van der Waals surface area contributed by atoms with Gasteiger partial charge >= 0.3 is 12.3 Å². The monoisotopic (exact) mass is 648 g/mol.